The molecule has 2 aromatic heterocycles. The minimum Gasteiger partial charge on any atom is -0.388 e. The van der Waals surface area contributed by atoms with E-state index in [1.807, 2.05) is 13.8 Å². The van der Waals surface area contributed by atoms with E-state index in [0.29, 0.717) is 30.9 Å². The number of aromatic nitrogens is 4. The van der Waals surface area contributed by atoms with Crippen LogP contribution in [-0.4, -0.2) is 36.8 Å². The van der Waals surface area contributed by atoms with Gasteiger partial charge in [0, 0.05) is 18.9 Å². The minimum atomic E-state index is -0.700. The molecule has 0 aliphatic rings. The van der Waals surface area contributed by atoms with Crippen molar-refractivity contribution in [1.82, 2.24) is 19.6 Å². The van der Waals surface area contributed by atoms with Crippen LogP contribution in [0.15, 0.2) is 18.7 Å². The zero-order valence-corrected chi connectivity index (χ0v) is 10.1. The maximum Gasteiger partial charge on any atom is 0.203 e. The quantitative estimate of drug-likeness (QED) is 0.811. The zero-order valence-electron chi connectivity index (χ0n) is 10.1. The van der Waals surface area contributed by atoms with E-state index in [9.17, 15) is 5.11 Å². The van der Waals surface area contributed by atoms with Crippen LogP contribution in [0.2, 0.25) is 0 Å². The third-order valence-electron chi connectivity index (χ3n) is 3.12. The van der Waals surface area contributed by atoms with Crippen LogP contribution in [0.4, 0.5) is 5.82 Å². The van der Waals surface area contributed by atoms with Gasteiger partial charge >= 0.3 is 0 Å². The minimum absolute atomic E-state index is 0.458. The van der Waals surface area contributed by atoms with E-state index >= 15 is 0 Å². The van der Waals surface area contributed by atoms with Crippen molar-refractivity contribution in [3.05, 3.63) is 18.7 Å². The Labute approximate surface area is 99.7 Å². The number of anilines is 1. The number of nitrogens with one attached hydrogen (secondary N) is 1. The summed E-state index contributed by atoms with van der Waals surface area (Å²) in [6.07, 6.45) is 6.48. The van der Waals surface area contributed by atoms with Crippen LogP contribution in [-0.2, 0) is 0 Å². The van der Waals surface area contributed by atoms with Crippen LogP contribution >= 0.6 is 0 Å². The summed E-state index contributed by atoms with van der Waals surface area (Å²) in [5.74, 6) is 0.644. The highest BCUT2D eigenvalue weighted by molar-refractivity contribution is 5.61. The highest BCUT2D eigenvalue weighted by atomic mass is 16.3. The van der Waals surface area contributed by atoms with Crippen LogP contribution in [0.25, 0.3) is 5.65 Å². The lowest BCUT2D eigenvalue weighted by Gasteiger charge is -2.25. The maximum absolute atomic E-state index is 10.2. The lowest BCUT2D eigenvalue weighted by Crippen LogP contribution is -2.35. The highest BCUT2D eigenvalue weighted by Gasteiger charge is 2.22. The number of nitrogens with zero attached hydrogens (tertiary/aromatic N) is 4. The molecule has 2 rings (SSSR count). The summed E-state index contributed by atoms with van der Waals surface area (Å²) in [6.45, 7) is 4.39. The van der Waals surface area contributed by atoms with E-state index in [1.165, 1.54) is 0 Å². The molecule has 0 saturated carbocycles. The van der Waals surface area contributed by atoms with Crippen molar-refractivity contribution in [2.75, 3.05) is 11.9 Å². The molecule has 0 aromatic carbocycles. The highest BCUT2D eigenvalue weighted by Crippen LogP contribution is 2.17. The second kappa shape index (κ2) is 4.67. The molecule has 92 valence electrons. The lowest BCUT2D eigenvalue weighted by atomic mass is 9.98. The lowest BCUT2D eigenvalue weighted by molar-refractivity contribution is 0.0456. The summed E-state index contributed by atoms with van der Waals surface area (Å²) in [5.41, 5.74) is -0.0313. The number of hydrogen-bond donors (Lipinski definition) is 2. The molecular formula is C11H17N5O. The Morgan fingerprint density at radius 2 is 2.18 bits per heavy atom. The van der Waals surface area contributed by atoms with Gasteiger partial charge < -0.3 is 10.4 Å². The third kappa shape index (κ3) is 2.36. The summed E-state index contributed by atoms with van der Waals surface area (Å²) in [4.78, 5) is 4.21. The fourth-order valence-corrected chi connectivity index (χ4v) is 1.63. The Hall–Kier alpha value is -1.69. The molecule has 0 atom stereocenters. The van der Waals surface area contributed by atoms with Crippen molar-refractivity contribution in [2.45, 2.75) is 32.3 Å². The summed E-state index contributed by atoms with van der Waals surface area (Å²) >= 11 is 0. The van der Waals surface area contributed by atoms with Gasteiger partial charge in [0.15, 0.2) is 5.82 Å². The van der Waals surface area contributed by atoms with Gasteiger partial charge in [0.1, 0.15) is 6.33 Å². The molecule has 6 heteroatoms. The zero-order chi connectivity index (χ0) is 12.3. The summed E-state index contributed by atoms with van der Waals surface area (Å²) in [5, 5.41) is 21.1. The standard InChI is InChI=1S/C11H17N5O/c1-3-11(17,4-2)7-13-9-10-15-14-8-16(10)6-5-12-9/h5-6,8,17H,3-4,7H2,1-2H3,(H,12,13). The molecular weight excluding hydrogens is 218 g/mol. The van der Waals surface area contributed by atoms with Crippen LogP contribution in [0.1, 0.15) is 26.7 Å². The Morgan fingerprint density at radius 3 is 2.88 bits per heavy atom. The Kier molecular flexibility index (Phi) is 3.23. The van der Waals surface area contributed by atoms with Crippen molar-refractivity contribution in [3.63, 3.8) is 0 Å². The summed E-state index contributed by atoms with van der Waals surface area (Å²) < 4.78 is 1.78. The largest absolute Gasteiger partial charge is 0.388 e. The second-order valence-electron chi connectivity index (χ2n) is 4.12. The van der Waals surface area contributed by atoms with Crippen molar-refractivity contribution < 1.29 is 5.11 Å². The molecule has 0 spiro atoms. The first kappa shape index (κ1) is 11.8. The molecule has 0 amide bonds. The molecule has 0 saturated heterocycles. The van der Waals surface area contributed by atoms with Crippen molar-refractivity contribution in [1.29, 1.82) is 0 Å². The van der Waals surface area contributed by atoms with Crippen molar-refractivity contribution >= 4 is 11.5 Å². The predicted molar refractivity (Wildman–Crippen MR) is 64.8 cm³/mol. The molecule has 0 aliphatic carbocycles. The van der Waals surface area contributed by atoms with E-state index in [2.05, 4.69) is 20.5 Å². The van der Waals surface area contributed by atoms with Crippen LogP contribution < -0.4 is 5.32 Å². The number of hydrogen-bond acceptors (Lipinski definition) is 5. The average molecular weight is 235 g/mol. The number of fused-ring (bicyclic) bond motifs is 1. The molecule has 2 heterocycles. The number of aliphatic hydroxyl groups is 1. The van der Waals surface area contributed by atoms with Gasteiger partial charge in [-0.1, -0.05) is 13.8 Å². The normalized spacial score (nSPS) is 11.9. The summed E-state index contributed by atoms with van der Waals surface area (Å²) in [6, 6.07) is 0. The number of rotatable bonds is 5. The molecule has 2 N–H and O–H groups in total. The maximum atomic E-state index is 10.2. The first-order chi connectivity index (χ1) is 8.18. The molecule has 0 fully saturated rings. The fourth-order valence-electron chi connectivity index (χ4n) is 1.63. The topological polar surface area (TPSA) is 75.3 Å². The van der Waals surface area contributed by atoms with Crippen molar-refractivity contribution in [2.24, 2.45) is 0 Å². The molecule has 0 radical (unpaired) electrons. The van der Waals surface area contributed by atoms with Gasteiger partial charge in [-0.25, -0.2) is 4.98 Å². The molecule has 6 nitrogen and oxygen atoms in total. The van der Waals surface area contributed by atoms with Gasteiger partial charge in [0.25, 0.3) is 0 Å². The average Bonchev–Trinajstić information content (AvgIpc) is 2.84. The van der Waals surface area contributed by atoms with E-state index < -0.39 is 5.60 Å². The van der Waals surface area contributed by atoms with Crippen LogP contribution in [0.3, 0.4) is 0 Å². The third-order valence-corrected chi connectivity index (χ3v) is 3.12. The Balaban J connectivity index is 2.16. The van der Waals surface area contributed by atoms with E-state index in [0.717, 1.165) is 0 Å². The Morgan fingerprint density at radius 1 is 1.41 bits per heavy atom. The monoisotopic (exact) mass is 235 g/mol. The molecule has 0 bridgehead atoms. The first-order valence-electron chi connectivity index (χ1n) is 5.79. The SMILES string of the molecule is CCC(O)(CC)CNc1nccn2cnnc12. The molecule has 17 heavy (non-hydrogen) atoms. The van der Waals surface area contributed by atoms with Crippen molar-refractivity contribution in [3.8, 4) is 0 Å². The van der Waals surface area contributed by atoms with Crippen LogP contribution in [0.5, 0.6) is 0 Å². The van der Waals surface area contributed by atoms with E-state index in [1.54, 1.807) is 23.1 Å². The Bertz CT molecular complexity index is 491. The van der Waals surface area contributed by atoms with Crippen LogP contribution in [0, 0.1) is 0 Å². The second-order valence-corrected chi connectivity index (χ2v) is 4.12. The first-order valence-corrected chi connectivity index (χ1v) is 5.79. The van der Waals surface area contributed by atoms with Gasteiger partial charge in [-0.15, -0.1) is 10.2 Å². The van der Waals surface area contributed by atoms with Gasteiger partial charge in [-0.3, -0.25) is 4.40 Å². The summed E-state index contributed by atoms with van der Waals surface area (Å²) in [7, 11) is 0. The van der Waals surface area contributed by atoms with Gasteiger partial charge in [0.2, 0.25) is 5.65 Å². The smallest absolute Gasteiger partial charge is 0.203 e. The van der Waals surface area contributed by atoms with Gasteiger partial charge in [0.05, 0.1) is 5.60 Å². The molecule has 0 unspecified atom stereocenters. The van der Waals surface area contributed by atoms with E-state index in [-0.39, 0.29) is 0 Å². The fraction of sp³-hybridized carbons (Fsp3) is 0.545. The molecule has 2 aromatic rings. The molecule has 0 aliphatic heterocycles. The van der Waals surface area contributed by atoms with E-state index in [4.69, 9.17) is 0 Å². The predicted octanol–water partition coefficient (Wildman–Crippen LogP) is 1.09. The van der Waals surface area contributed by atoms with Gasteiger partial charge in [-0.2, -0.15) is 0 Å². The van der Waals surface area contributed by atoms with Gasteiger partial charge in [-0.05, 0) is 12.8 Å².